The van der Waals surface area contributed by atoms with E-state index in [0.29, 0.717) is 5.92 Å². The largest absolute Gasteiger partial charge is 0.497 e. The molecule has 2 nitrogen and oxygen atoms in total. The van der Waals surface area contributed by atoms with Crippen molar-refractivity contribution in [1.82, 2.24) is 0 Å². The lowest BCUT2D eigenvalue weighted by atomic mass is 9.80. The van der Waals surface area contributed by atoms with Crippen molar-refractivity contribution >= 4 is 11.0 Å². The van der Waals surface area contributed by atoms with Gasteiger partial charge in [0.15, 0.2) is 0 Å². The summed E-state index contributed by atoms with van der Waals surface area (Å²) in [5, 5.41) is 1.19. The van der Waals surface area contributed by atoms with E-state index in [0.717, 1.165) is 23.5 Å². The van der Waals surface area contributed by atoms with Crippen molar-refractivity contribution in [3.63, 3.8) is 0 Å². The number of hydrogen-bond donors (Lipinski definition) is 0. The molecule has 3 rings (SSSR count). The Balaban J connectivity index is 1.90. The zero-order valence-electron chi connectivity index (χ0n) is 15.2. The highest BCUT2D eigenvalue weighted by Gasteiger charge is 2.23. The standard InChI is InChI=1S/C22H26O2/c1-15(2)16-9-10-21-17(11-16)12-20(24-21)14-22(3,4)18-7-6-8-19(13-18)23-5/h6-13,15H,14H2,1-5H3. The topological polar surface area (TPSA) is 22.4 Å². The number of methoxy groups -OCH3 is 1. The summed E-state index contributed by atoms with van der Waals surface area (Å²) < 4.78 is 11.4. The number of benzene rings is 2. The average molecular weight is 322 g/mol. The summed E-state index contributed by atoms with van der Waals surface area (Å²) in [6.45, 7) is 8.92. The third-order valence-corrected chi connectivity index (χ3v) is 4.73. The Bertz CT molecular complexity index is 840. The van der Waals surface area contributed by atoms with E-state index in [9.17, 15) is 0 Å². The third-order valence-electron chi connectivity index (χ3n) is 4.73. The first-order valence-electron chi connectivity index (χ1n) is 8.56. The molecular weight excluding hydrogens is 296 g/mol. The zero-order chi connectivity index (χ0) is 17.3. The molecule has 2 heteroatoms. The van der Waals surface area contributed by atoms with Gasteiger partial charge in [0, 0.05) is 11.8 Å². The van der Waals surface area contributed by atoms with E-state index in [2.05, 4.69) is 64.1 Å². The second-order valence-corrected chi connectivity index (χ2v) is 7.46. The molecule has 24 heavy (non-hydrogen) atoms. The van der Waals surface area contributed by atoms with E-state index in [1.807, 2.05) is 12.1 Å². The number of fused-ring (bicyclic) bond motifs is 1. The Morgan fingerprint density at radius 2 is 1.83 bits per heavy atom. The summed E-state index contributed by atoms with van der Waals surface area (Å²) in [5.41, 5.74) is 3.55. The van der Waals surface area contributed by atoms with Crippen LogP contribution < -0.4 is 4.74 Å². The van der Waals surface area contributed by atoms with Gasteiger partial charge in [-0.25, -0.2) is 0 Å². The molecule has 0 aliphatic heterocycles. The number of furan rings is 1. The van der Waals surface area contributed by atoms with Crippen LogP contribution in [0.3, 0.4) is 0 Å². The van der Waals surface area contributed by atoms with E-state index in [1.165, 1.54) is 16.5 Å². The van der Waals surface area contributed by atoms with Gasteiger partial charge in [0.1, 0.15) is 17.1 Å². The van der Waals surface area contributed by atoms with Crippen LogP contribution in [0, 0.1) is 0 Å². The summed E-state index contributed by atoms with van der Waals surface area (Å²) in [6, 6.07) is 17.0. The Labute approximate surface area is 144 Å². The van der Waals surface area contributed by atoms with Crippen LogP contribution in [0.2, 0.25) is 0 Å². The number of ether oxygens (including phenoxy) is 1. The minimum atomic E-state index is -0.0245. The fourth-order valence-corrected chi connectivity index (χ4v) is 3.14. The molecule has 2 aromatic carbocycles. The normalized spacial score (nSPS) is 12.1. The van der Waals surface area contributed by atoms with Gasteiger partial charge < -0.3 is 9.15 Å². The molecule has 0 bridgehead atoms. The maximum absolute atomic E-state index is 6.09. The zero-order valence-corrected chi connectivity index (χ0v) is 15.2. The van der Waals surface area contributed by atoms with E-state index in [1.54, 1.807) is 7.11 Å². The summed E-state index contributed by atoms with van der Waals surface area (Å²) in [5.74, 6) is 2.45. The van der Waals surface area contributed by atoms with Crippen LogP contribution in [0.15, 0.2) is 52.9 Å². The molecule has 1 heterocycles. The molecule has 0 saturated carbocycles. The van der Waals surface area contributed by atoms with Gasteiger partial charge in [-0.2, -0.15) is 0 Å². The van der Waals surface area contributed by atoms with Gasteiger partial charge in [-0.15, -0.1) is 0 Å². The third kappa shape index (κ3) is 3.33. The first-order valence-corrected chi connectivity index (χ1v) is 8.56. The van der Waals surface area contributed by atoms with Crippen molar-refractivity contribution in [1.29, 1.82) is 0 Å². The first-order chi connectivity index (χ1) is 11.4. The van der Waals surface area contributed by atoms with Crippen LogP contribution in [0.25, 0.3) is 11.0 Å². The Hall–Kier alpha value is -2.22. The van der Waals surface area contributed by atoms with Crippen molar-refractivity contribution in [2.24, 2.45) is 0 Å². The smallest absolute Gasteiger partial charge is 0.134 e. The molecule has 0 atom stereocenters. The Kier molecular flexibility index (Phi) is 4.40. The summed E-state index contributed by atoms with van der Waals surface area (Å²) in [6.07, 6.45) is 0.853. The predicted molar refractivity (Wildman–Crippen MR) is 100 cm³/mol. The molecular formula is C22H26O2. The molecule has 0 unspecified atom stereocenters. The lowest BCUT2D eigenvalue weighted by Gasteiger charge is -2.24. The summed E-state index contributed by atoms with van der Waals surface area (Å²) in [7, 11) is 1.71. The fourth-order valence-electron chi connectivity index (χ4n) is 3.14. The minimum absolute atomic E-state index is 0.0245. The van der Waals surface area contributed by atoms with Crippen molar-refractivity contribution in [3.05, 3.63) is 65.4 Å². The van der Waals surface area contributed by atoms with Gasteiger partial charge in [-0.3, -0.25) is 0 Å². The van der Waals surface area contributed by atoms with Crippen LogP contribution in [-0.2, 0) is 11.8 Å². The molecule has 0 radical (unpaired) electrons. The quantitative estimate of drug-likeness (QED) is 0.567. The monoisotopic (exact) mass is 322 g/mol. The SMILES string of the molecule is COc1cccc(C(C)(C)Cc2cc3cc(C(C)C)ccc3o2)c1. The Morgan fingerprint density at radius 3 is 2.54 bits per heavy atom. The molecule has 1 aromatic heterocycles. The second-order valence-electron chi connectivity index (χ2n) is 7.46. The molecule has 3 aromatic rings. The van der Waals surface area contributed by atoms with E-state index in [4.69, 9.17) is 9.15 Å². The van der Waals surface area contributed by atoms with E-state index in [-0.39, 0.29) is 5.41 Å². The lowest BCUT2D eigenvalue weighted by molar-refractivity contribution is 0.409. The van der Waals surface area contributed by atoms with Gasteiger partial charge in [-0.05, 0) is 52.8 Å². The van der Waals surface area contributed by atoms with Gasteiger partial charge in [0.2, 0.25) is 0 Å². The second kappa shape index (κ2) is 6.35. The maximum atomic E-state index is 6.09. The summed E-state index contributed by atoms with van der Waals surface area (Å²) in [4.78, 5) is 0. The van der Waals surface area contributed by atoms with Crippen LogP contribution in [-0.4, -0.2) is 7.11 Å². The maximum Gasteiger partial charge on any atom is 0.134 e. The van der Waals surface area contributed by atoms with Crippen molar-refractivity contribution in [2.45, 2.75) is 45.4 Å². The summed E-state index contributed by atoms with van der Waals surface area (Å²) >= 11 is 0. The number of hydrogen-bond acceptors (Lipinski definition) is 2. The predicted octanol–water partition coefficient (Wildman–Crippen LogP) is 6.09. The molecule has 0 fully saturated rings. The highest BCUT2D eigenvalue weighted by Crippen LogP contribution is 2.32. The molecule has 0 amide bonds. The van der Waals surface area contributed by atoms with E-state index >= 15 is 0 Å². The molecule has 126 valence electrons. The molecule has 0 spiro atoms. The van der Waals surface area contributed by atoms with Crippen LogP contribution in [0.1, 0.15) is 50.5 Å². The Morgan fingerprint density at radius 1 is 1.04 bits per heavy atom. The van der Waals surface area contributed by atoms with Gasteiger partial charge >= 0.3 is 0 Å². The average Bonchev–Trinajstić information content (AvgIpc) is 2.95. The van der Waals surface area contributed by atoms with Crippen molar-refractivity contribution in [2.75, 3.05) is 7.11 Å². The van der Waals surface area contributed by atoms with Crippen LogP contribution >= 0.6 is 0 Å². The molecule has 0 N–H and O–H groups in total. The van der Waals surface area contributed by atoms with Gasteiger partial charge in [0.05, 0.1) is 7.11 Å². The minimum Gasteiger partial charge on any atom is -0.497 e. The first kappa shape index (κ1) is 16.6. The highest BCUT2D eigenvalue weighted by atomic mass is 16.5. The van der Waals surface area contributed by atoms with Crippen LogP contribution in [0.4, 0.5) is 0 Å². The van der Waals surface area contributed by atoms with Gasteiger partial charge in [0.25, 0.3) is 0 Å². The lowest BCUT2D eigenvalue weighted by Crippen LogP contribution is -2.20. The van der Waals surface area contributed by atoms with Crippen molar-refractivity contribution in [3.8, 4) is 5.75 Å². The molecule has 0 aliphatic carbocycles. The number of rotatable bonds is 5. The highest BCUT2D eigenvalue weighted by molar-refractivity contribution is 5.79. The fraction of sp³-hybridized carbons (Fsp3) is 0.364. The van der Waals surface area contributed by atoms with Gasteiger partial charge in [-0.1, -0.05) is 45.9 Å². The van der Waals surface area contributed by atoms with E-state index < -0.39 is 0 Å². The van der Waals surface area contributed by atoms with Crippen LogP contribution in [0.5, 0.6) is 5.75 Å². The molecule has 0 aliphatic rings. The molecule has 0 saturated heterocycles. The van der Waals surface area contributed by atoms with Crippen molar-refractivity contribution < 1.29 is 9.15 Å².